The number of hydrogen-bond acceptors (Lipinski definition) is 6. The highest BCUT2D eigenvalue weighted by Gasteiger charge is 2.27. The molecule has 0 spiro atoms. The molecule has 0 bridgehead atoms. The first-order chi connectivity index (χ1) is 17.3. The Morgan fingerprint density at radius 1 is 1.28 bits per heavy atom. The Labute approximate surface area is 220 Å². The molecule has 2 aromatic carbocycles. The van der Waals surface area contributed by atoms with Crippen molar-refractivity contribution in [1.82, 2.24) is 4.90 Å². The maximum absolute atomic E-state index is 11.9. The second-order valence-electron chi connectivity index (χ2n) is 9.54. The minimum absolute atomic E-state index is 0.230. The summed E-state index contributed by atoms with van der Waals surface area (Å²) in [6.45, 7) is 7.93. The lowest BCUT2D eigenvalue weighted by molar-refractivity contribution is -0.143. The summed E-state index contributed by atoms with van der Waals surface area (Å²) in [6.07, 6.45) is 3.11. The van der Waals surface area contributed by atoms with Gasteiger partial charge in [-0.3, -0.25) is 9.69 Å². The van der Waals surface area contributed by atoms with E-state index in [1.54, 1.807) is 14.0 Å². The number of esters is 1. The van der Waals surface area contributed by atoms with Gasteiger partial charge >= 0.3 is 5.97 Å². The van der Waals surface area contributed by atoms with Crippen molar-refractivity contribution in [3.63, 3.8) is 0 Å². The Bertz CT molecular complexity index is 998. The number of aryl methyl sites for hydroxylation is 1. The molecule has 0 aliphatic carbocycles. The fourth-order valence-electron chi connectivity index (χ4n) is 4.95. The number of ether oxygens (including phenoxy) is 3. The highest BCUT2D eigenvalue weighted by atomic mass is 35.5. The van der Waals surface area contributed by atoms with Crippen molar-refractivity contribution >= 4 is 17.6 Å². The second-order valence-corrected chi connectivity index (χ2v) is 9.95. The van der Waals surface area contributed by atoms with E-state index in [-0.39, 0.29) is 25.1 Å². The summed E-state index contributed by atoms with van der Waals surface area (Å²) < 4.78 is 16.7. The number of nitrogens with zero attached hydrogens (tertiary/aromatic N) is 1. The van der Waals surface area contributed by atoms with Crippen molar-refractivity contribution in [2.75, 3.05) is 33.4 Å². The third-order valence-electron chi connectivity index (χ3n) is 6.90. The van der Waals surface area contributed by atoms with Gasteiger partial charge in [-0.05, 0) is 81.8 Å². The van der Waals surface area contributed by atoms with Crippen LogP contribution in [0.1, 0.15) is 61.5 Å². The Balaban J connectivity index is 1.56. The number of likely N-dealkylation sites (tertiary alicyclic amines) is 1. The summed E-state index contributed by atoms with van der Waals surface area (Å²) in [5.74, 6) is 0.496. The summed E-state index contributed by atoms with van der Waals surface area (Å²) in [6, 6.07) is 12.5. The molecule has 36 heavy (non-hydrogen) atoms. The summed E-state index contributed by atoms with van der Waals surface area (Å²) in [4.78, 5) is 14.3. The molecule has 7 heteroatoms. The normalized spacial score (nSPS) is 17.7. The molecule has 0 unspecified atom stereocenters. The van der Waals surface area contributed by atoms with Crippen molar-refractivity contribution in [2.45, 2.75) is 71.1 Å². The highest BCUT2D eigenvalue weighted by Crippen LogP contribution is 2.30. The van der Waals surface area contributed by atoms with Crippen LogP contribution in [-0.4, -0.2) is 61.5 Å². The summed E-state index contributed by atoms with van der Waals surface area (Å²) >= 11 is 6.32. The van der Waals surface area contributed by atoms with Gasteiger partial charge in [0.2, 0.25) is 0 Å². The quantitative estimate of drug-likeness (QED) is 0.364. The number of carbonyl (C=O) groups excluding carboxylic acids is 1. The lowest BCUT2D eigenvalue weighted by atomic mass is 9.98. The number of hydrogen-bond donors (Lipinski definition) is 1. The van der Waals surface area contributed by atoms with E-state index in [2.05, 4.69) is 23.1 Å². The van der Waals surface area contributed by atoms with E-state index < -0.39 is 6.10 Å². The molecule has 0 saturated carbocycles. The zero-order valence-electron chi connectivity index (χ0n) is 22.0. The molecular weight excluding hydrogens is 478 g/mol. The minimum Gasteiger partial charge on any atom is -0.496 e. The summed E-state index contributed by atoms with van der Waals surface area (Å²) in [7, 11) is 1.62. The van der Waals surface area contributed by atoms with Crippen LogP contribution in [0.5, 0.6) is 5.75 Å². The van der Waals surface area contributed by atoms with Crippen LogP contribution >= 0.6 is 11.6 Å². The van der Waals surface area contributed by atoms with Crippen LogP contribution in [0, 0.1) is 6.92 Å². The number of aliphatic hydroxyl groups excluding tert-OH is 1. The maximum atomic E-state index is 11.9. The predicted molar refractivity (Wildman–Crippen MR) is 143 cm³/mol. The number of rotatable bonds is 13. The van der Waals surface area contributed by atoms with Gasteiger partial charge in [-0.2, -0.15) is 0 Å². The van der Waals surface area contributed by atoms with Gasteiger partial charge in [0, 0.05) is 29.6 Å². The van der Waals surface area contributed by atoms with Crippen LogP contribution in [-0.2, 0) is 27.1 Å². The second kappa shape index (κ2) is 14.0. The number of β-amino-alcohol motifs (C(OH)–C–C–N with tert-alkyl or cyclic N) is 1. The monoisotopic (exact) mass is 517 g/mol. The molecule has 1 aliphatic heterocycles. The molecule has 3 rings (SSSR count). The van der Waals surface area contributed by atoms with Gasteiger partial charge in [-0.25, -0.2) is 0 Å². The average Bonchev–Trinajstić information content (AvgIpc) is 3.29. The third-order valence-corrected chi connectivity index (χ3v) is 7.31. The van der Waals surface area contributed by atoms with Crippen molar-refractivity contribution in [3.8, 4) is 5.75 Å². The first kappa shape index (κ1) is 28.5. The van der Waals surface area contributed by atoms with Gasteiger partial charge in [0.25, 0.3) is 0 Å². The van der Waals surface area contributed by atoms with E-state index in [1.807, 2.05) is 32.0 Å². The zero-order chi connectivity index (χ0) is 26.1. The topological polar surface area (TPSA) is 68.2 Å². The van der Waals surface area contributed by atoms with Crippen molar-refractivity contribution in [3.05, 3.63) is 63.7 Å². The van der Waals surface area contributed by atoms with Crippen molar-refractivity contribution in [1.29, 1.82) is 0 Å². The highest BCUT2D eigenvalue weighted by molar-refractivity contribution is 6.31. The molecule has 0 aromatic heterocycles. The van der Waals surface area contributed by atoms with Gasteiger partial charge in [0.15, 0.2) is 0 Å². The van der Waals surface area contributed by atoms with Crippen molar-refractivity contribution in [2.24, 2.45) is 0 Å². The molecule has 2 aromatic rings. The molecule has 198 valence electrons. The first-order valence-electron chi connectivity index (χ1n) is 12.9. The Morgan fingerprint density at radius 3 is 2.81 bits per heavy atom. The van der Waals surface area contributed by atoms with Crippen LogP contribution in [0.4, 0.5) is 0 Å². The molecule has 1 aliphatic rings. The first-order valence-corrected chi connectivity index (χ1v) is 13.3. The predicted octanol–water partition coefficient (Wildman–Crippen LogP) is 5.30. The Kier molecular flexibility index (Phi) is 11.1. The summed E-state index contributed by atoms with van der Waals surface area (Å²) in [5.41, 5.74) is 4.22. The number of methoxy groups -OCH3 is 1. The van der Waals surface area contributed by atoms with Crippen LogP contribution in [0.3, 0.4) is 0 Å². The maximum Gasteiger partial charge on any atom is 0.306 e. The number of aliphatic hydroxyl groups is 1. The van der Waals surface area contributed by atoms with E-state index >= 15 is 0 Å². The smallest absolute Gasteiger partial charge is 0.306 e. The molecule has 1 heterocycles. The van der Waals surface area contributed by atoms with Gasteiger partial charge in [0.1, 0.15) is 5.75 Å². The Morgan fingerprint density at radius 2 is 2.08 bits per heavy atom. The number of halogens is 1. The third kappa shape index (κ3) is 7.94. The Hall–Kier alpha value is -2.12. The van der Waals surface area contributed by atoms with Crippen LogP contribution in [0.2, 0.25) is 5.02 Å². The molecule has 1 fully saturated rings. The lowest BCUT2D eigenvalue weighted by Gasteiger charge is -2.28. The molecule has 0 amide bonds. The van der Waals surface area contributed by atoms with Crippen LogP contribution < -0.4 is 4.74 Å². The van der Waals surface area contributed by atoms with E-state index in [0.29, 0.717) is 25.6 Å². The van der Waals surface area contributed by atoms with E-state index in [9.17, 15) is 9.90 Å². The fourth-order valence-corrected chi connectivity index (χ4v) is 5.16. The van der Waals surface area contributed by atoms with E-state index in [1.165, 1.54) is 5.56 Å². The molecular formula is C29H40ClNO5. The minimum atomic E-state index is -0.594. The zero-order valence-corrected chi connectivity index (χ0v) is 22.7. The molecule has 1 N–H and O–H groups in total. The van der Waals surface area contributed by atoms with E-state index in [4.69, 9.17) is 25.8 Å². The van der Waals surface area contributed by atoms with Gasteiger partial charge in [0.05, 0.1) is 32.5 Å². The van der Waals surface area contributed by atoms with E-state index in [0.717, 1.165) is 53.3 Å². The summed E-state index contributed by atoms with van der Waals surface area (Å²) in [5, 5.41) is 11.6. The van der Waals surface area contributed by atoms with Gasteiger partial charge in [-0.1, -0.05) is 35.9 Å². The molecule has 3 atom stereocenters. The van der Waals surface area contributed by atoms with Crippen LogP contribution in [0.15, 0.2) is 36.4 Å². The fraction of sp³-hybridized carbons (Fsp3) is 0.552. The standard InChI is InChI=1S/C29H40ClNO5/c1-5-35-29(33)14-13-26-25(9-6-10-28(26)34-4)21(3)36-19-24(32)18-31-15-7-8-23(31)16-22-12-11-20(2)27(30)17-22/h6,9-12,17,21,23-24,32H,5,7-8,13-16,18-19H2,1-4H3/t21-,23+,24-/m1/s1. The molecule has 6 nitrogen and oxygen atoms in total. The van der Waals surface area contributed by atoms with Gasteiger partial charge in [-0.15, -0.1) is 0 Å². The molecule has 0 radical (unpaired) electrons. The van der Waals surface area contributed by atoms with Crippen molar-refractivity contribution < 1.29 is 24.1 Å². The average molecular weight is 518 g/mol. The number of benzene rings is 2. The molecule has 1 saturated heterocycles. The van der Waals surface area contributed by atoms with Gasteiger partial charge < -0.3 is 19.3 Å². The SMILES string of the molecule is CCOC(=O)CCc1c(OC)cccc1[C@@H](C)OC[C@H](O)CN1CCC[C@H]1Cc1ccc(C)c(Cl)c1. The lowest BCUT2D eigenvalue weighted by Crippen LogP contribution is -2.39. The van der Waals surface area contributed by atoms with Crippen LogP contribution in [0.25, 0.3) is 0 Å². The largest absolute Gasteiger partial charge is 0.496 e. The number of carbonyl (C=O) groups is 1.